The number of carbonyl (C=O) groups is 2. The first kappa shape index (κ1) is 13.5. The molecule has 2 atom stereocenters. The van der Waals surface area contributed by atoms with E-state index in [0.29, 0.717) is 11.8 Å². The van der Waals surface area contributed by atoms with E-state index < -0.39 is 11.9 Å². The van der Waals surface area contributed by atoms with Gasteiger partial charge in [0.1, 0.15) is 5.82 Å². The number of fused-ring (bicyclic) bond motifs is 1. The standard InChI is InChI=1S/C12H18N4O3/c1-5-19-11(18)8-9(6(2)3)14-12-13-7(4)15-16(12)10(8)17/h6,8-9H,5H2,1-4H3,(H,13,14,15)/t8-,9-/m0/s1. The van der Waals surface area contributed by atoms with Crippen molar-refractivity contribution < 1.29 is 14.3 Å². The molecule has 1 aromatic rings. The maximum absolute atomic E-state index is 12.4. The van der Waals surface area contributed by atoms with E-state index in [-0.39, 0.29) is 24.5 Å². The highest BCUT2D eigenvalue weighted by Crippen LogP contribution is 2.26. The van der Waals surface area contributed by atoms with Gasteiger partial charge in [0.25, 0.3) is 5.91 Å². The molecule has 104 valence electrons. The lowest BCUT2D eigenvalue weighted by Gasteiger charge is -2.32. The van der Waals surface area contributed by atoms with Crippen molar-refractivity contribution in [3.8, 4) is 0 Å². The van der Waals surface area contributed by atoms with Crippen LogP contribution < -0.4 is 5.32 Å². The maximum Gasteiger partial charge on any atom is 0.320 e. The maximum atomic E-state index is 12.4. The monoisotopic (exact) mass is 266 g/mol. The van der Waals surface area contributed by atoms with Crippen LogP contribution >= 0.6 is 0 Å². The lowest BCUT2D eigenvalue weighted by atomic mass is 9.88. The number of anilines is 1. The fraction of sp³-hybridized carbons (Fsp3) is 0.667. The molecule has 0 radical (unpaired) electrons. The van der Waals surface area contributed by atoms with Crippen LogP contribution in [0.1, 0.15) is 31.4 Å². The van der Waals surface area contributed by atoms with Crippen LogP contribution in [0, 0.1) is 18.8 Å². The van der Waals surface area contributed by atoms with Gasteiger partial charge in [-0.1, -0.05) is 13.8 Å². The van der Waals surface area contributed by atoms with Gasteiger partial charge in [-0.25, -0.2) is 0 Å². The number of carbonyl (C=O) groups excluding carboxylic acids is 2. The van der Waals surface area contributed by atoms with Gasteiger partial charge in [-0.05, 0) is 19.8 Å². The lowest BCUT2D eigenvalue weighted by Crippen LogP contribution is -2.50. The molecule has 0 aromatic carbocycles. The molecular formula is C12H18N4O3. The molecule has 0 fully saturated rings. The predicted molar refractivity (Wildman–Crippen MR) is 67.8 cm³/mol. The normalized spacial score (nSPS) is 22.1. The number of hydrogen-bond donors (Lipinski definition) is 1. The fourth-order valence-electron chi connectivity index (χ4n) is 2.21. The number of nitrogens with zero attached hydrogens (tertiary/aromatic N) is 3. The highest BCUT2D eigenvalue weighted by atomic mass is 16.5. The zero-order valence-corrected chi connectivity index (χ0v) is 11.5. The zero-order chi connectivity index (χ0) is 14.2. The summed E-state index contributed by atoms with van der Waals surface area (Å²) < 4.78 is 6.14. The molecular weight excluding hydrogens is 248 g/mol. The molecule has 7 heteroatoms. The van der Waals surface area contributed by atoms with Crippen molar-refractivity contribution in [2.24, 2.45) is 11.8 Å². The Bertz CT molecular complexity index is 509. The van der Waals surface area contributed by atoms with E-state index >= 15 is 0 Å². The number of hydrogen-bond acceptors (Lipinski definition) is 6. The highest BCUT2D eigenvalue weighted by Gasteiger charge is 2.44. The van der Waals surface area contributed by atoms with Crippen molar-refractivity contribution in [2.45, 2.75) is 33.7 Å². The molecule has 1 aromatic heterocycles. The molecule has 2 heterocycles. The summed E-state index contributed by atoms with van der Waals surface area (Å²) in [5.74, 6) is -0.814. The molecule has 2 rings (SSSR count). The Labute approximate surface area is 111 Å². The van der Waals surface area contributed by atoms with Crippen molar-refractivity contribution in [3.05, 3.63) is 5.82 Å². The number of esters is 1. The summed E-state index contributed by atoms with van der Waals surface area (Å²) in [6, 6.07) is -0.331. The van der Waals surface area contributed by atoms with Crippen LogP contribution in [0.15, 0.2) is 0 Å². The van der Waals surface area contributed by atoms with Crippen LogP contribution in [0.3, 0.4) is 0 Å². The second-order valence-corrected chi connectivity index (χ2v) is 4.88. The molecule has 1 N–H and O–H groups in total. The first-order chi connectivity index (χ1) is 8.95. The Hall–Kier alpha value is -1.92. The summed E-state index contributed by atoms with van der Waals surface area (Å²) >= 11 is 0. The Morgan fingerprint density at radius 3 is 2.79 bits per heavy atom. The van der Waals surface area contributed by atoms with E-state index in [4.69, 9.17) is 4.74 Å². The van der Waals surface area contributed by atoms with Crippen molar-refractivity contribution in [1.29, 1.82) is 0 Å². The third kappa shape index (κ3) is 2.32. The first-order valence-electron chi connectivity index (χ1n) is 6.36. The number of rotatable bonds is 3. The Kier molecular flexibility index (Phi) is 3.55. The summed E-state index contributed by atoms with van der Waals surface area (Å²) in [7, 11) is 0. The average Bonchev–Trinajstić information content (AvgIpc) is 2.70. The molecule has 0 unspecified atom stereocenters. The van der Waals surface area contributed by atoms with Gasteiger partial charge in [-0.2, -0.15) is 9.67 Å². The molecule has 0 amide bonds. The average molecular weight is 266 g/mol. The van der Waals surface area contributed by atoms with E-state index in [2.05, 4.69) is 15.4 Å². The van der Waals surface area contributed by atoms with E-state index in [0.717, 1.165) is 4.68 Å². The molecule has 1 aliphatic rings. The first-order valence-corrected chi connectivity index (χ1v) is 6.36. The second-order valence-electron chi connectivity index (χ2n) is 4.88. The van der Waals surface area contributed by atoms with Crippen molar-refractivity contribution in [1.82, 2.24) is 14.8 Å². The van der Waals surface area contributed by atoms with E-state index in [1.807, 2.05) is 13.8 Å². The van der Waals surface area contributed by atoms with E-state index in [9.17, 15) is 9.59 Å². The molecule has 1 aliphatic heterocycles. The van der Waals surface area contributed by atoms with Crippen LogP contribution in [0.2, 0.25) is 0 Å². The van der Waals surface area contributed by atoms with Gasteiger partial charge in [0.15, 0.2) is 5.92 Å². The molecule has 19 heavy (non-hydrogen) atoms. The van der Waals surface area contributed by atoms with Gasteiger partial charge in [0.2, 0.25) is 5.95 Å². The molecule has 0 saturated heterocycles. The summed E-state index contributed by atoms with van der Waals surface area (Å²) in [6.07, 6.45) is 0. The Morgan fingerprint density at radius 2 is 2.21 bits per heavy atom. The number of ether oxygens (including phenoxy) is 1. The predicted octanol–water partition coefficient (Wildman–Crippen LogP) is 0.856. The third-order valence-corrected chi connectivity index (χ3v) is 3.10. The van der Waals surface area contributed by atoms with Gasteiger partial charge in [0, 0.05) is 0 Å². The van der Waals surface area contributed by atoms with Crippen LogP contribution in [0.4, 0.5) is 5.95 Å². The van der Waals surface area contributed by atoms with E-state index in [1.54, 1.807) is 13.8 Å². The van der Waals surface area contributed by atoms with Gasteiger partial charge >= 0.3 is 5.97 Å². The van der Waals surface area contributed by atoms with E-state index in [1.165, 1.54) is 0 Å². The molecule has 7 nitrogen and oxygen atoms in total. The van der Waals surface area contributed by atoms with Gasteiger partial charge < -0.3 is 10.1 Å². The Balaban J connectivity index is 2.40. The molecule has 0 spiro atoms. The minimum absolute atomic E-state index is 0.0871. The summed E-state index contributed by atoms with van der Waals surface area (Å²) in [6.45, 7) is 7.54. The Morgan fingerprint density at radius 1 is 1.53 bits per heavy atom. The summed E-state index contributed by atoms with van der Waals surface area (Å²) in [5, 5.41) is 7.11. The SMILES string of the molecule is CCOC(=O)[C@@H]1C(=O)n2nc(C)nc2N[C@H]1C(C)C. The smallest absolute Gasteiger partial charge is 0.320 e. The zero-order valence-electron chi connectivity index (χ0n) is 11.5. The van der Waals surface area contributed by atoms with Gasteiger partial charge in [0.05, 0.1) is 12.6 Å². The lowest BCUT2D eigenvalue weighted by molar-refractivity contribution is -0.147. The van der Waals surface area contributed by atoms with Crippen LogP contribution in [0.5, 0.6) is 0 Å². The number of aromatic nitrogens is 3. The number of aryl methyl sites for hydroxylation is 1. The topological polar surface area (TPSA) is 86.1 Å². The quantitative estimate of drug-likeness (QED) is 0.645. The third-order valence-electron chi connectivity index (χ3n) is 3.10. The number of nitrogens with one attached hydrogen (secondary N) is 1. The minimum atomic E-state index is -0.881. The highest BCUT2D eigenvalue weighted by molar-refractivity contribution is 6.02. The molecule has 0 aliphatic carbocycles. The van der Waals surface area contributed by atoms with Crippen LogP contribution in [-0.4, -0.2) is 39.3 Å². The molecule has 0 bridgehead atoms. The molecule has 0 saturated carbocycles. The van der Waals surface area contributed by atoms with Crippen LogP contribution in [0.25, 0.3) is 0 Å². The van der Waals surface area contributed by atoms with Crippen molar-refractivity contribution in [2.75, 3.05) is 11.9 Å². The fourth-order valence-corrected chi connectivity index (χ4v) is 2.21. The largest absolute Gasteiger partial charge is 0.465 e. The van der Waals surface area contributed by atoms with Crippen molar-refractivity contribution >= 4 is 17.8 Å². The van der Waals surface area contributed by atoms with Crippen LogP contribution in [-0.2, 0) is 9.53 Å². The van der Waals surface area contributed by atoms with Gasteiger partial charge in [-0.15, -0.1) is 5.10 Å². The van der Waals surface area contributed by atoms with Gasteiger partial charge in [-0.3, -0.25) is 9.59 Å². The minimum Gasteiger partial charge on any atom is -0.465 e. The summed E-state index contributed by atoms with van der Waals surface area (Å²) in [4.78, 5) is 28.5. The summed E-state index contributed by atoms with van der Waals surface area (Å²) in [5.41, 5.74) is 0. The second kappa shape index (κ2) is 4.99. The van der Waals surface area contributed by atoms with Crippen molar-refractivity contribution in [3.63, 3.8) is 0 Å².